The largest absolute Gasteiger partial charge is 1.00 e. The number of pyridine rings is 1. The van der Waals surface area contributed by atoms with Crippen LogP contribution >= 0.6 is 0 Å². The molecule has 0 amide bonds. The summed E-state index contributed by atoms with van der Waals surface area (Å²) < 4.78 is 28.6. The Labute approximate surface area is 120 Å². The molecule has 0 atom stereocenters. The molecule has 0 N–H and O–H groups in total. The first-order chi connectivity index (χ1) is 9.38. The standard InChI is InChI=1S/C12H11N2O5S.FH/c1-20(17,18)19-12-8-4-5-9-13(12)10-6-2-3-7-11(10)14(15)16;/h2-9H,1H3;1H/q+1;/p-1. The maximum Gasteiger partial charge on any atom is 0.389 e. The molecule has 0 aliphatic rings. The molecule has 0 radical (unpaired) electrons. The van der Waals surface area contributed by atoms with E-state index in [1.807, 2.05) is 0 Å². The normalized spacial score (nSPS) is 10.5. The van der Waals surface area contributed by atoms with Crippen molar-refractivity contribution in [3.8, 4) is 11.6 Å². The Bertz CT molecular complexity index is 764. The van der Waals surface area contributed by atoms with Crippen LogP contribution in [0.25, 0.3) is 5.69 Å². The van der Waals surface area contributed by atoms with E-state index in [4.69, 9.17) is 4.18 Å². The maximum atomic E-state index is 11.2. The van der Waals surface area contributed by atoms with Gasteiger partial charge in [-0.3, -0.25) is 10.1 Å². The van der Waals surface area contributed by atoms with Gasteiger partial charge in [0.1, 0.15) is 0 Å². The van der Waals surface area contributed by atoms with Gasteiger partial charge in [-0.2, -0.15) is 8.42 Å². The number of hydrogen-bond donors (Lipinski definition) is 0. The molecule has 1 aromatic heterocycles. The van der Waals surface area contributed by atoms with Crippen molar-refractivity contribution in [1.82, 2.24) is 0 Å². The van der Waals surface area contributed by atoms with Crippen molar-refractivity contribution in [3.05, 3.63) is 58.8 Å². The molecule has 0 spiro atoms. The molecule has 1 aromatic carbocycles. The number of nitro groups is 1. The number of halogens is 1. The molecular formula is C12H11FN2O5S. The molecule has 2 aromatic rings. The fraction of sp³-hybridized carbons (Fsp3) is 0.0833. The molecule has 0 bridgehead atoms. The zero-order valence-electron chi connectivity index (χ0n) is 10.8. The first-order valence-electron chi connectivity index (χ1n) is 5.52. The van der Waals surface area contributed by atoms with Crippen molar-refractivity contribution in [2.45, 2.75) is 0 Å². The van der Waals surface area contributed by atoms with E-state index in [1.165, 1.54) is 35.0 Å². The summed E-state index contributed by atoms with van der Waals surface area (Å²) in [5, 5.41) is 11.0. The van der Waals surface area contributed by atoms with Crippen molar-refractivity contribution in [2.75, 3.05) is 6.26 Å². The number of rotatable bonds is 4. The summed E-state index contributed by atoms with van der Waals surface area (Å²) in [6.07, 6.45) is 2.40. The molecule has 0 fully saturated rings. The van der Waals surface area contributed by atoms with E-state index in [2.05, 4.69) is 0 Å². The van der Waals surface area contributed by atoms with Gasteiger partial charge in [0.15, 0.2) is 6.20 Å². The van der Waals surface area contributed by atoms with Crippen LogP contribution in [-0.4, -0.2) is 19.6 Å². The van der Waals surface area contributed by atoms with Gasteiger partial charge in [0, 0.05) is 18.2 Å². The van der Waals surface area contributed by atoms with Gasteiger partial charge in [-0.25, -0.2) is 0 Å². The number of nitro benzene ring substituents is 1. The molecule has 7 nitrogen and oxygen atoms in total. The second-order valence-electron chi connectivity index (χ2n) is 3.94. The Hall–Kier alpha value is -2.55. The summed E-state index contributed by atoms with van der Waals surface area (Å²) in [4.78, 5) is 10.5. The third-order valence-electron chi connectivity index (χ3n) is 2.40. The lowest BCUT2D eigenvalue weighted by molar-refractivity contribution is -0.604. The molecule has 0 saturated carbocycles. The van der Waals surface area contributed by atoms with Crippen LogP contribution in [0.2, 0.25) is 0 Å². The minimum absolute atomic E-state index is 0. The second-order valence-corrected chi connectivity index (χ2v) is 5.52. The molecule has 0 saturated heterocycles. The lowest BCUT2D eigenvalue weighted by Crippen LogP contribution is -3.00. The van der Waals surface area contributed by atoms with Crippen molar-refractivity contribution < 1.29 is 26.8 Å². The van der Waals surface area contributed by atoms with E-state index >= 15 is 0 Å². The highest BCUT2D eigenvalue weighted by Gasteiger charge is 2.26. The lowest BCUT2D eigenvalue weighted by Gasteiger charge is -2.03. The molecule has 0 unspecified atom stereocenters. The van der Waals surface area contributed by atoms with Crippen molar-refractivity contribution in [2.24, 2.45) is 0 Å². The first kappa shape index (κ1) is 16.5. The number of hydrogen-bond acceptors (Lipinski definition) is 5. The number of aromatic nitrogens is 1. The maximum absolute atomic E-state index is 11.2. The lowest BCUT2D eigenvalue weighted by atomic mass is 10.2. The summed E-state index contributed by atoms with van der Waals surface area (Å²) in [7, 11) is -3.73. The van der Waals surface area contributed by atoms with Gasteiger partial charge in [0.05, 0.1) is 17.2 Å². The number of benzene rings is 1. The second kappa shape index (κ2) is 6.27. The van der Waals surface area contributed by atoms with Crippen molar-refractivity contribution in [3.63, 3.8) is 0 Å². The minimum Gasteiger partial charge on any atom is -1.00 e. The molecule has 0 aliphatic heterocycles. The van der Waals surface area contributed by atoms with Gasteiger partial charge >= 0.3 is 21.7 Å². The highest BCUT2D eigenvalue weighted by atomic mass is 32.2. The average Bonchev–Trinajstić information content (AvgIpc) is 2.37. The quantitative estimate of drug-likeness (QED) is 0.288. The summed E-state index contributed by atoms with van der Waals surface area (Å²) in [5.41, 5.74) is 0.0683. The van der Waals surface area contributed by atoms with Crippen LogP contribution < -0.4 is 13.5 Å². The Morgan fingerprint density at radius 2 is 1.76 bits per heavy atom. The fourth-order valence-electron chi connectivity index (χ4n) is 1.67. The van der Waals surface area contributed by atoms with E-state index < -0.39 is 15.0 Å². The Balaban J connectivity index is 0.00000220. The molecule has 112 valence electrons. The van der Waals surface area contributed by atoms with Crippen molar-refractivity contribution >= 4 is 15.8 Å². The third-order valence-corrected chi connectivity index (χ3v) is 2.87. The average molecular weight is 314 g/mol. The van der Waals surface area contributed by atoms with Gasteiger partial charge in [-0.15, -0.1) is 4.57 Å². The topological polar surface area (TPSA) is 90.4 Å². The van der Waals surface area contributed by atoms with Crippen molar-refractivity contribution in [1.29, 1.82) is 0 Å². The number of nitrogens with zero attached hydrogens (tertiary/aromatic N) is 2. The highest BCUT2D eigenvalue weighted by molar-refractivity contribution is 7.86. The summed E-state index contributed by atoms with van der Waals surface area (Å²) in [6, 6.07) is 10.6. The Morgan fingerprint density at radius 3 is 2.38 bits per heavy atom. The first-order valence-corrected chi connectivity index (χ1v) is 7.34. The predicted molar refractivity (Wildman–Crippen MR) is 70.1 cm³/mol. The summed E-state index contributed by atoms with van der Waals surface area (Å²) in [6.45, 7) is 0. The van der Waals surface area contributed by atoms with Crippen LogP contribution in [0.4, 0.5) is 5.69 Å². The summed E-state index contributed by atoms with van der Waals surface area (Å²) >= 11 is 0. The van der Waals surface area contributed by atoms with Gasteiger partial charge < -0.3 is 8.89 Å². The van der Waals surface area contributed by atoms with Crippen LogP contribution in [0.1, 0.15) is 0 Å². The smallest absolute Gasteiger partial charge is 0.389 e. The van der Waals surface area contributed by atoms with E-state index in [0.29, 0.717) is 0 Å². The SMILES string of the molecule is CS(=O)(=O)Oc1cccc[n+]1-c1ccccc1[N+](=O)[O-].[F-]. The fourth-order valence-corrected chi connectivity index (χ4v) is 2.12. The monoisotopic (exact) mass is 314 g/mol. The van der Waals surface area contributed by atoms with E-state index in [1.54, 1.807) is 18.2 Å². The van der Waals surface area contributed by atoms with Gasteiger partial charge in [-0.05, 0) is 6.07 Å². The molecule has 21 heavy (non-hydrogen) atoms. The predicted octanol–water partition coefficient (Wildman–Crippen LogP) is -1.79. The minimum atomic E-state index is -3.73. The van der Waals surface area contributed by atoms with Crippen LogP contribution in [0, 0.1) is 10.1 Å². The van der Waals surface area contributed by atoms with Gasteiger partial charge in [-0.1, -0.05) is 12.1 Å². The zero-order valence-corrected chi connectivity index (χ0v) is 11.7. The van der Waals surface area contributed by atoms with E-state index in [0.717, 1.165) is 6.26 Å². The van der Waals surface area contributed by atoms with Crippen LogP contribution in [0.15, 0.2) is 48.7 Å². The highest BCUT2D eigenvalue weighted by Crippen LogP contribution is 2.20. The van der Waals surface area contributed by atoms with Crippen LogP contribution in [0.3, 0.4) is 0 Å². The molecular weight excluding hydrogens is 303 g/mol. The van der Waals surface area contributed by atoms with E-state index in [-0.39, 0.29) is 22.0 Å². The summed E-state index contributed by atoms with van der Waals surface area (Å²) in [5.74, 6) is -0.0238. The third kappa shape index (κ3) is 3.96. The van der Waals surface area contributed by atoms with Gasteiger partial charge in [0.2, 0.25) is 0 Å². The van der Waals surface area contributed by atoms with Crippen LogP contribution in [-0.2, 0) is 10.1 Å². The molecule has 0 aliphatic carbocycles. The van der Waals surface area contributed by atoms with E-state index in [9.17, 15) is 18.5 Å². The molecule has 1 heterocycles. The zero-order chi connectivity index (χ0) is 14.8. The molecule has 9 heteroatoms. The van der Waals surface area contributed by atoms with Crippen LogP contribution in [0.5, 0.6) is 5.88 Å². The number of para-hydroxylation sites is 2. The Kier molecular flexibility index (Phi) is 4.93. The Morgan fingerprint density at radius 1 is 1.14 bits per heavy atom. The molecule has 2 rings (SSSR count). The van der Waals surface area contributed by atoms with Gasteiger partial charge in [0.25, 0.3) is 5.69 Å².